The van der Waals surface area contributed by atoms with Gasteiger partial charge in [-0.15, -0.1) is 11.3 Å². The van der Waals surface area contributed by atoms with Crippen molar-refractivity contribution in [1.29, 1.82) is 0 Å². The van der Waals surface area contributed by atoms with E-state index < -0.39 is 0 Å². The van der Waals surface area contributed by atoms with Gasteiger partial charge in [-0.05, 0) is 48.5 Å². The van der Waals surface area contributed by atoms with Crippen LogP contribution in [0.15, 0.2) is 54.0 Å². The molecule has 3 rings (SSSR count). The Morgan fingerprint density at radius 1 is 1.14 bits per heavy atom. The number of benzene rings is 1. The third-order valence-corrected chi connectivity index (χ3v) is 4.70. The van der Waals surface area contributed by atoms with E-state index in [-0.39, 0.29) is 0 Å². The lowest BCUT2D eigenvalue weighted by Crippen LogP contribution is -2.21. The molecule has 3 aromatic rings. The van der Waals surface area contributed by atoms with Crippen molar-refractivity contribution in [2.75, 3.05) is 6.54 Å². The largest absolute Gasteiger partial charge is 0.310 e. The third kappa shape index (κ3) is 3.31. The molecule has 0 radical (unpaired) electrons. The average Bonchev–Trinajstić information content (AvgIpc) is 3.04. The Kier molecular flexibility index (Phi) is 4.63. The molecule has 2 nitrogen and oxygen atoms in total. The van der Waals surface area contributed by atoms with Gasteiger partial charge in [-0.3, -0.25) is 4.98 Å². The van der Waals surface area contributed by atoms with Crippen molar-refractivity contribution in [2.45, 2.75) is 25.8 Å². The Bertz CT molecular complexity index is 686. The fourth-order valence-electron chi connectivity index (χ4n) is 2.78. The second-order valence-corrected chi connectivity index (χ2v) is 6.18. The van der Waals surface area contributed by atoms with Crippen LogP contribution < -0.4 is 5.32 Å². The zero-order chi connectivity index (χ0) is 14.5. The Morgan fingerprint density at radius 3 is 2.86 bits per heavy atom. The minimum Gasteiger partial charge on any atom is -0.310 e. The van der Waals surface area contributed by atoms with Crippen LogP contribution in [0.2, 0.25) is 0 Å². The minimum absolute atomic E-state index is 0.380. The molecule has 21 heavy (non-hydrogen) atoms. The summed E-state index contributed by atoms with van der Waals surface area (Å²) >= 11 is 1.84. The topological polar surface area (TPSA) is 24.9 Å². The van der Waals surface area contributed by atoms with Crippen molar-refractivity contribution in [3.63, 3.8) is 0 Å². The molecule has 1 aromatic carbocycles. The van der Waals surface area contributed by atoms with E-state index in [0.717, 1.165) is 24.9 Å². The number of fused-ring (bicyclic) bond motifs is 1. The first kappa shape index (κ1) is 14.2. The van der Waals surface area contributed by atoms with Gasteiger partial charge in [-0.25, -0.2) is 0 Å². The van der Waals surface area contributed by atoms with Crippen LogP contribution in [0.4, 0.5) is 0 Å². The normalized spacial score (nSPS) is 12.6. The number of hydrogen-bond donors (Lipinski definition) is 1. The fraction of sp³-hybridized carbons (Fsp3) is 0.278. The summed E-state index contributed by atoms with van der Waals surface area (Å²) in [5, 5.41) is 7.04. The maximum Gasteiger partial charge on any atom is 0.0705 e. The van der Waals surface area contributed by atoms with Crippen LogP contribution in [0.3, 0.4) is 0 Å². The third-order valence-electron chi connectivity index (χ3n) is 3.77. The molecule has 1 unspecified atom stereocenters. The minimum atomic E-state index is 0.380. The lowest BCUT2D eigenvalue weighted by molar-refractivity contribution is 0.520. The lowest BCUT2D eigenvalue weighted by Gasteiger charge is -2.19. The molecule has 2 heterocycles. The summed E-state index contributed by atoms with van der Waals surface area (Å²) in [4.78, 5) is 5.92. The lowest BCUT2D eigenvalue weighted by atomic mass is 9.98. The van der Waals surface area contributed by atoms with E-state index in [1.807, 2.05) is 23.6 Å². The summed E-state index contributed by atoms with van der Waals surface area (Å²) in [7, 11) is 0. The molecule has 0 spiro atoms. The van der Waals surface area contributed by atoms with E-state index in [2.05, 4.69) is 59.0 Å². The SMILES string of the molecule is CCNC(CCc1cccs1)c1ccnc2ccccc12. The van der Waals surface area contributed by atoms with Gasteiger partial charge in [0.1, 0.15) is 0 Å². The fourth-order valence-corrected chi connectivity index (χ4v) is 3.50. The van der Waals surface area contributed by atoms with Crippen LogP contribution in [0.1, 0.15) is 29.8 Å². The van der Waals surface area contributed by atoms with E-state index in [1.54, 1.807) is 0 Å². The van der Waals surface area contributed by atoms with Crippen LogP contribution in [0.25, 0.3) is 10.9 Å². The van der Waals surface area contributed by atoms with Crippen molar-refractivity contribution >= 4 is 22.2 Å². The molecule has 108 valence electrons. The molecule has 0 bridgehead atoms. The number of nitrogens with one attached hydrogen (secondary N) is 1. The van der Waals surface area contributed by atoms with Crippen molar-refractivity contribution in [2.24, 2.45) is 0 Å². The van der Waals surface area contributed by atoms with Gasteiger partial charge in [0.15, 0.2) is 0 Å². The molecule has 0 saturated heterocycles. The first-order chi connectivity index (χ1) is 10.4. The summed E-state index contributed by atoms with van der Waals surface area (Å²) in [5.74, 6) is 0. The number of rotatable bonds is 6. The van der Waals surface area contributed by atoms with Gasteiger partial charge in [0, 0.05) is 22.5 Å². The van der Waals surface area contributed by atoms with Gasteiger partial charge in [-0.2, -0.15) is 0 Å². The molecule has 0 aliphatic heterocycles. The number of para-hydroxylation sites is 1. The molecule has 0 aliphatic carbocycles. The van der Waals surface area contributed by atoms with Crippen LogP contribution >= 0.6 is 11.3 Å². The molecular weight excluding hydrogens is 276 g/mol. The van der Waals surface area contributed by atoms with E-state index in [1.165, 1.54) is 15.8 Å². The van der Waals surface area contributed by atoms with Crippen molar-refractivity contribution in [3.05, 3.63) is 64.5 Å². The molecule has 2 aromatic heterocycles. The molecule has 1 N–H and O–H groups in total. The van der Waals surface area contributed by atoms with Gasteiger partial charge in [-0.1, -0.05) is 31.2 Å². The maximum atomic E-state index is 4.47. The average molecular weight is 296 g/mol. The quantitative estimate of drug-likeness (QED) is 0.720. The number of nitrogens with zero attached hydrogens (tertiary/aromatic N) is 1. The Balaban J connectivity index is 1.88. The molecule has 0 fully saturated rings. The number of hydrogen-bond acceptors (Lipinski definition) is 3. The van der Waals surface area contributed by atoms with E-state index >= 15 is 0 Å². The second kappa shape index (κ2) is 6.83. The number of thiophene rings is 1. The van der Waals surface area contributed by atoms with Crippen molar-refractivity contribution in [3.8, 4) is 0 Å². The highest BCUT2D eigenvalue weighted by atomic mass is 32.1. The smallest absolute Gasteiger partial charge is 0.0705 e. The summed E-state index contributed by atoms with van der Waals surface area (Å²) in [5.41, 5.74) is 2.44. The highest BCUT2D eigenvalue weighted by Gasteiger charge is 2.14. The molecule has 0 aliphatic rings. The van der Waals surface area contributed by atoms with Crippen molar-refractivity contribution in [1.82, 2.24) is 10.3 Å². The zero-order valence-electron chi connectivity index (χ0n) is 12.3. The van der Waals surface area contributed by atoms with Crippen LogP contribution in [-0.2, 0) is 6.42 Å². The standard InChI is InChI=1S/C18H20N2S/c1-2-19-18(10-9-14-6-5-13-21-14)16-11-12-20-17-8-4-3-7-15(16)17/h3-8,11-13,18-19H,2,9-10H2,1H3. The van der Waals surface area contributed by atoms with Gasteiger partial charge in [0.25, 0.3) is 0 Å². The highest BCUT2D eigenvalue weighted by molar-refractivity contribution is 7.09. The highest BCUT2D eigenvalue weighted by Crippen LogP contribution is 2.26. The first-order valence-corrected chi connectivity index (χ1v) is 8.36. The van der Waals surface area contributed by atoms with Crippen LogP contribution in [0.5, 0.6) is 0 Å². The Morgan fingerprint density at radius 2 is 2.05 bits per heavy atom. The molecule has 3 heteroatoms. The predicted molar refractivity (Wildman–Crippen MR) is 90.8 cm³/mol. The Hall–Kier alpha value is -1.71. The summed E-state index contributed by atoms with van der Waals surface area (Å²) in [6.45, 7) is 3.15. The summed E-state index contributed by atoms with van der Waals surface area (Å²) < 4.78 is 0. The van der Waals surface area contributed by atoms with E-state index in [0.29, 0.717) is 6.04 Å². The van der Waals surface area contributed by atoms with Crippen molar-refractivity contribution < 1.29 is 0 Å². The number of pyridine rings is 1. The zero-order valence-corrected chi connectivity index (χ0v) is 13.1. The first-order valence-electron chi connectivity index (χ1n) is 7.48. The number of aryl methyl sites for hydroxylation is 1. The molecule has 1 atom stereocenters. The molecular formula is C18H20N2S. The predicted octanol–water partition coefficient (Wildman–Crippen LogP) is 4.58. The second-order valence-electron chi connectivity index (χ2n) is 5.15. The number of aromatic nitrogens is 1. The van der Waals surface area contributed by atoms with Crippen LogP contribution in [-0.4, -0.2) is 11.5 Å². The van der Waals surface area contributed by atoms with Gasteiger partial charge in [0.05, 0.1) is 5.52 Å². The van der Waals surface area contributed by atoms with Gasteiger partial charge < -0.3 is 5.32 Å². The summed E-state index contributed by atoms with van der Waals surface area (Å²) in [6.07, 6.45) is 4.15. The van der Waals surface area contributed by atoms with E-state index in [9.17, 15) is 0 Å². The summed E-state index contributed by atoms with van der Waals surface area (Å²) in [6, 6.07) is 15.3. The molecule has 0 amide bonds. The van der Waals surface area contributed by atoms with E-state index in [4.69, 9.17) is 0 Å². The monoisotopic (exact) mass is 296 g/mol. The maximum absolute atomic E-state index is 4.47. The molecule has 0 saturated carbocycles. The van der Waals surface area contributed by atoms with Crippen LogP contribution in [0, 0.1) is 0 Å². The van der Waals surface area contributed by atoms with Gasteiger partial charge in [0.2, 0.25) is 0 Å². The Labute approximate surface area is 129 Å². The van der Waals surface area contributed by atoms with Gasteiger partial charge >= 0.3 is 0 Å².